The van der Waals surface area contributed by atoms with Gasteiger partial charge in [-0.2, -0.15) is 0 Å². The average molecular weight is 607 g/mol. The van der Waals surface area contributed by atoms with Crippen molar-refractivity contribution in [2.75, 3.05) is 0 Å². The molecular formula is C48H30. The Morgan fingerprint density at radius 3 is 1.12 bits per heavy atom. The number of fused-ring (bicyclic) bond motifs is 5. The zero-order valence-corrected chi connectivity index (χ0v) is 26.3. The van der Waals surface area contributed by atoms with E-state index in [-0.39, 0.29) is 0 Å². The van der Waals surface area contributed by atoms with E-state index in [9.17, 15) is 0 Å². The smallest absolute Gasteiger partial charge is 0.00139 e. The van der Waals surface area contributed by atoms with Crippen LogP contribution in [0, 0.1) is 0 Å². The zero-order chi connectivity index (χ0) is 31.6. The van der Waals surface area contributed by atoms with Crippen molar-refractivity contribution in [3.05, 3.63) is 182 Å². The van der Waals surface area contributed by atoms with Gasteiger partial charge in [0, 0.05) is 0 Å². The minimum absolute atomic E-state index is 1.22. The van der Waals surface area contributed by atoms with Gasteiger partial charge in [-0.15, -0.1) is 0 Å². The third-order valence-electron chi connectivity index (χ3n) is 10.2. The molecule has 0 fully saturated rings. The summed E-state index contributed by atoms with van der Waals surface area (Å²) in [6, 6.07) is 66.9. The molecule has 48 heavy (non-hydrogen) atoms. The minimum Gasteiger partial charge on any atom is -0.0622 e. The van der Waals surface area contributed by atoms with Gasteiger partial charge in [0.2, 0.25) is 0 Å². The molecule has 0 spiro atoms. The van der Waals surface area contributed by atoms with E-state index in [1.54, 1.807) is 0 Å². The zero-order valence-electron chi connectivity index (χ0n) is 26.3. The minimum atomic E-state index is 1.22. The molecule has 0 heterocycles. The lowest BCUT2D eigenvalue weighted by Gasteiger charge is -2.23. The Morgan fingerprint density at radius 2 is 0.562 bits per heavy atom. The van der Waals surface area contributed by atoms with E-state index in [4.69, 9.17) is 0 Å². The molecule has 1 aliphatic rings. The molecule has 0 saturated heterocycles. The van der Waals surface area contributed by atoms with E-state index >= 15 is 0 Å². The predicted molar refractivity (Wildman–Crippen MR) is 205 cm³/mol. The van der Waals surface area contributed by atoms with Crippen molar-refractivity contribution >= 4 is 32.3 Å². The first kappa shape index (κ1) is 26.9. The summed E-state index contributed by atoms with van der Waals surface area (Å²) >= 11 is 0. The Morgan fingerprint density at radius 1 is 0.188 bits per heavy atom. The highest BCUT2D eigenvalue weighted by Gasteiger charge is 2.25. The van der Waals surface area contributed by atoms with Crippen LogP contribution in [-0.2, 0) is 0 Å². The molecule has 9 aromatic carbocycles. The van der Waals surface area contributed by atoms with E-state index in [2.05, 4.69) is 182 Å². The summed E-state index contributed by atoms with van der Waals surface area (Å²) in [4.78, 5) is 0. The van der Waals surface area contributed by atoms with Gasteiger partial charge >= 0.3 is 0 Å². The van der Waals surface area contributed by atoms with E-state index < -0.39 is 0 Å². The van der Waals surface area contributed by atoms with Gasteiger partial charge in [-0.05, 0) is 99.1 Å². The molecule has 10 rings (SSSR count). The predicted octanol–water partition coefficient (Wildman–Crippen LogP) is 13.5. The third kappa shape index (κ3) is 3.90. The molecule has 0 radical (unpaired) electrons. The van der Waals surface area contributed by atoms with Gasteiger partial charge in [0.25, 0.3) is 0 Å². The summed E-state index contributed by atoms with van der Waals surface area (Å²) in [6.45, 7) is 0. The van der Waals surface area contributed by atoms with Crippen molar-refractivity contribution in [3.8, 4) is 66.8 Å². The van der Waals surface area contributed by atoms with Gasteiger partial charge in [-0.1, -0.05) is 182 Å². The van der Waals surface area contributed by atoms with E-state index in [1.807, 2.05) is 0 Å². The van der Waals surface area contributed by atoms with Crippen molar-refractivity contribution in [2.45, 2.75) is 0 Å². The highest BCUT2D eigenvalue weighted by molar-refractivity contribution is 6.27. The number of hydrogen-bond acceptors (Lipinski definition) is 0. The largest absolute Gasteiger partial charge is 0.0622 e. The Kier molecular flexibility index (Phi) is 5.98. The van der Waals surface area contributed by atoms with Crippen LogP contribution in [0.1, 0.15) is 0 Å². The SMILES string of the molecule is c1ccc(-c2cccc(-c3ccccc3)c2-c2c3ccccc3c(-c3ccc4c5c(cccc35)-c3ccccc3-4)c3ccccc23)cc1. The van der Waals surface area contributed by atoms with Crippen LogP contribution < -0.4 is 0 Å². The maximum absolute atomic E-state index is 2.37. The molecule has 0 amide bonds. The fraction of sp³-hybridized carbons (Fsp3) is 0. The quantitative estimate of drug-likeness (QED) is 0.175. The van der Waals surface area contributed by atoms with E-state index in [0.717, 1.165) is 0 Å². The maximum Gasteiger partial charge on any atom is -0.00139 e. The van der Waals surface area contributed by atoms with Gasteiger partial charge < -0.3 is 0 Å². The number of hydrogen-bond donors (Lipinski definition) is 0. The maximum atomic E-state index is 2.37. The lowest BCUT2D eigenvalue weighted by atomic mass is 9.80. The highest BCUT2D eigenvalue weighted by atomic mass is 14.3. The second-order valence-electron chi connectivity index (χ2n) is 12.7. The van der Waals surface area contributed by atoms with Crippen LogP contribution in [0.15, 0.2) is 182 Å². The molecule has 1 aliphatic carbocycles. The first-order chi connectivity index (χ1) is 23.9. The molecule has 0 unspecified atom stereocenters. The molecule has 0 heteroatoms. The summed E-state index contributed by atoms with van der Waals surface area (Å²) in [5.74, 6) is 0. The summed E-state index contributed by atoms with van der Waals surface area (Å²) in [5, 5.41) is 7.72. The van der Waals surface area contributed by atoms with Crippen molar-refractivity contribution in [1.82, 2.24) is 0 Å². The molecule has 0 bridgehead atoms. The van der Waals surface area contributed by atoms with Gasteiger partial charge in [0.05, 0.1) is 0 Å². The molecular weight excluding hydrogens is 577 g/mol. The standard InChI is InChI=1S/C48H30/c1-3-15-31(16-4-1)33-25-13-26-34(32-17-5-2-6-18-32)47(33)48-41-23-11-9-21-38(41)46(39-22-10-12-24-42(39)48)44-30-29-43-36-20-8-7-19-35(36)37-27-14-28-40(44)45(37)43/h1-30H. The Hall–Kier alpha value is -6.24. The van der Waals surface area contributed by atoms with Crippen LogP contribution in [0.5, 0.6) is 0 Å². The Labute approximate surface area is 280 Å². The van der Waals surface area contributed by atoms with Crippen LogP contribution in [0.25, 0.3) is 99.1 Å². The van der Waals surface area contributed by atoms with Crippen LogP contribution in [0.4, 0.5) is 0 Å². The van der Waals surface area contributed by atoms with Crippen molar-refractivity contribution in [3.63, 3.8) is 0 Å². The molecule has 222 valence electrons. The number of rotatable bonds is 4. The molecule has 9 aromatic rings. The summed E-state index contributed by atoms with van der Waals surface area (Å²) in [5.41, 5.74) is 15.3. The van der Waals surface area contributed by atoms with Gasteiger partial charge in [-0.3, -0.25) is 0 Å². The molecule has 0 aromatic heterocycles. The van der Waals surface area contributed by atoms with Crippen molar-refractivity contribution in [1.29, 1.82) is 0 Å². The first-order valence-corrected chi connectivity index (χ1v) is 16.7. The second-order valence-corrected chi connectivity index (χ2v) is 12.7. The fourth-order valence-electron chi connectivity index (χ4n) is 8.25. The fourth-order valence-corrected chi connectivity index (χ4v) is 8.25. The molecule has 0 atom stereocenters. The molecule has 0 saturated carbocycles. The first-order valence-electron chi connectivity index (χ1n) is 16.7. The summed E-state index contributed by atoms with van der Waals surface area (Å²) in [7, 11) is 0. The van der Waals surface area contributed by atoms with Crippen LogP contribution in [0.2, 0.25) is 0 Å². The van der Waals surface area contributed by atoms with Gasteiger partial charge in [0.15, 0.2) is 0 Å². The van der Waals surface area contributed by atoms with Crippen LogP contribution >= 0.6 is 0 Å². The molecule has 0 nitrogen and oxygen atoms in total. The average Bonchev–Trinajstić information content (AvgIpc) is 3.49. The summed E-state index contributed by atoms with van der Waals surface area (Å²) in [6.07, 6.45) is 0. The third-order valence-corrected chi connectivity index (χ3v) is 10.2. The number of benzene rings is 9. The normalized spacial score (nSPS) is 11.8. The second kappa shape index (κ2) is 10.7. The van der Waals surface area contributed by atoms with Crippen LogP contribution in [0.3, 0.4) is 0 Å². The van der Waals surface area contributed by atoms with E-state index in [0.29, 0.717) is 0 Å². The summed E-state index contributed by atoms with van der Waals surface area (Å²) < 4.78 is 0. The topological polar surface area (TPSA) is 0 Å². The van der Waals surface area contributed by atoms with Crippen molar-refractivity contribution < 1.29 is 0 Å². The Bertz CT molecular complexity index is 2550. The monoisotopic (exact) mass is 606 g/mol. The van der Waals surface area contributed by atoms with Gasteiger partial charge in [0.1, 0.15) is 0 Å². The lowest BCUT2D eigenvalue weighted by molar-refractivity contribution is 1.58. The lowest BCUT2D eigenvalue weighted by Crippen LogP contribution is -1.95. The molecule has 0 aliphatic heterocycles. The van der Waals surface area contributed by atoms with Crippen molar-refractivity contribution in [2.24, 2.45) is 0 Å². The van der Waals surface area contributed by atoms with E-state index in [1.165, 1.54) is 99.1 Å². The molecule has 0 N–H and O–H groups in total. The van der Waals surface area contributed by atoms with Crippen LogP contribution in [-0.4, -0.2) is 0 Å². The highest BCUT2D eigenvalue weighted by Crippen LogP contribution is 2.53. The Balaban J connectivity index is 1.35. The van der Waals surface area contributed by atoms with Gasteiger partial charge in [-0.25, -0.2) is 0 Å².